The Morgan fingerprint density at radius 1 is 0.514 bits per heavy atom. The number of nitrogens with zero attached hydrogens (tertiary/aromatic N) is 2. The van der Waals surface area contributed by atoms with Crippen LogP contribution in [0, 0.1) is 16.2 Å². The minimum Gasteiger partial charge on any atom is -0.465 e. The van der Waals surface area contributed by atoms with Crippen molar-refractivity contribution in [2.24, 2.45) is 16.2 Å². The number of hydrogen-bond donors (Lipinski definition) is 2. The van der Waals surface area contributed by atoms with Crippen LogP contribution in [-0.4, -0.2) is 90.8 Å². The molecule has 12 nitrogen and oxygen atoms in total. The molecule has 3 aliphatic heterocycles. The quantitative estimate of drug-likeness (QED) is 0.116. The summed E-state index contributed by atoms with van der Waals surface area (Å²) in [6.07, 6.45) is 10.1. The van der Waals surface area contributed by atoms with Crippen LogP contribution < -0.4 is 5.32 Å². The van der Waals surface area contributed by atoms with Crippen molar-refractivity contribution in [1.29, 1.82) is 0 Å². The van der Waals surface area contributed by atoms with E-state index < -0.39 is 6.61 Å². The van der Waals surface area contributed by atoms with Gasteiger partial charge in [-0.3, -0.25) is 19.2 Å². The minimum atomic E-state index is -0.478. The molecule has 0 aromatic heterocycles. The molecule has 2 N–H and O–H groups in total. The summed E-state index contributed by atoms with van der Waals surface area (Å²) in [5.74, 6) is -0.243. The summed E-state index contributed by atoms with van der Waals surface area (Å²) in [7, 11) is 2.78. The van der Waals surface area contributed by atoms with E-state index in [4.69, 9.17) is 14.6 Å². The number of aryl methyl sites for hydroxylation is 3. The van der Waals surface area contributed by atoms with Gasteiger partial charge in [-0.05, 0) is 152 Å². The van der Waals surface area contributed by atoms with Gasteiger partial charge in [0, 0.05) is 38.3 Å². The van der Waals surface area contributed by atoms with Gasteiger partial charge >= 0.3 is 11.9 Å². The number of aliphatic hydroxyl groups is 1. The molecule has 6 aliphatic rings. The number of aliphatic hydroxyl groups excluding tert-OH is 1. The smallest absolute Gasteiger partial charge is 0.337 e. The van der Waals surface area contributed by atoms with Gasteiger partial charge in [-0.1, -0.05) is 84.9 Å². The highest BCUT2D eigenvalue weighted by atomic mass is 32.1. The summed E-state index contributed by atoms with van der Waals surface area (Å²) in [6, 6.07) is 37.3. The maximum Gasteiger partial charge on any atom is 0.337 e. The first kappa shape index (κ1) is 57.4. The number of ether oxygens (including phenoxy) is 2. The number of ketones is 1. The number of likely N-dealkylation sites (tertiary alicyclic amines) is 2. The van der Waals surface area contributed by atoms with E-state index >= 15 is 0 Å². The van der Waals surface area contributed by atoms with Crippen LogP contribution >= 0.6 is 40.5 Å². The van der Waals surface area contributed by atoms with E-state index in [0.717, 1.165) is 113 Å². The third kappa shape index (κ3) is 12.0. The monoisotopic (exact) mass is 1060 g/mol. The van der Waals surface area contributed by atoms with Crippen molar-refractivity contribution in [3.8, 4) is 0 Å². The van der Waals surface area contributed by atoms with E-state index in [0.29, 0.717) is 36.2 Å². The van der Waals surface area contributed by atoms with Crippen LogP contribution in [0.15, 0.2) is 115 Å². The zero-order chi connectivity index (χ0) is 49.8. The van der Waals surface area contributed by atoms with Gasteiger partial charge in [-0.25, -0.2) is 9.59 Å². The first-order valence-corrected chi connectivity index (χ1v) is 25.0. The summed E-state index contributed by atoms with van der Waals surface area (Å²) >= 11 is 0. The Morgan fingerprint density at radius 2 is 0.905 bits per heavy atom. The lowest BCUT2D eigenvalue weighted by Gasteiger charge is -2.33. The van der Waals surface area contributed by atoms with Gasteiger partial charge < -0.3 is 29.7 Å². The normalized spacial score (nSPS) is 21.7. The fraction of sp³-hybridized carbons (Fsp3) is 0.390. The van der Waals surface area contributed by atoms with E-state index in [1.54, 1.807) is 12.1 Å². The number of carbonyl (C=O) groups excluding carboxylic acids is 6. The van der Waals surface area contributed by atoms with Crippen molar-refractivity contribution in [3.05, 3.63) is 176 Å². The van der Waals surface area contributed by atoms with E-state index in [9.17, 15) is 28.8 Å². The molecule has 3 heterocycles. The Balaban J connectivity index is 0.000000179. The van der Waals surface area contributed by atoms with Gasteiger partial charge in [-0.15, -0.1) is 0 Å². The van der Waals surface area contributed by atoms with Gasteiger partial charge in [-0.2, -0.15) is 40.5 Å². The van der Waals surface area contributed by atoms with Crippen molar-refractivity contribution in [2.45, 2.75) is 90.1 Å². The Labute approximate surface area is 455 Å². The number of nitrogens with one attached hydrogen (secondary N) is 1. The lowest BCUT2D eigenvalue weighted by molar-refractivity contribution is -0.137. The SMILES string of the molecule is COC(=O)c1ccc2c(c1)C[C@@]1(CC2)CCN(Cc2ccccc2)C1=O.COC(=O)c1ccc2c(c1)C[C@]1(CCNC1=O)CC2.O=C(CO)c1ccc2c(c1)C[C@@]1(CC2)CCN(Cc2ccccc2)C1=O.S.S.S. The molecule has 3 fully saturated rings. The first-order chi connectivity index (χ1) is 34.4. The number of amides is 3. The molecule has 15 heteroatoms. The number of methoxy groups -OCH3 is 2. The van der Waals surface area contributed by atoms with Gasteiger partial charge in [0.1, 0.15) is 6.61 Å². The van der Waals surface area contributed by atoms with Crippen LogP contribution in [0.2, 0.25) is 0 Å². The minimum absolute atomic E-state index is 0. The molecular weight excluding hydrogens is 991 g/mol. The number of fused-ring (bicyclic) bond motifs is 3. The number of benzene rings is 5. The van der Waals surface area contributed by atoms with Gasteiger partial charge in [0.05, 0.1) is 41.6 Å². The second-order valence-electron chi connectivity index (χ2n) is 20.3. The van der Waals surface area contributed by atoms with Crippen molar-refractivity contribution in [3.63, 3.8) is 0 Å². The maximum atomic E-state index is 13.2. The Morgan fingerprint density at radius 3 is 1.30 bits per heavy atom. The second-order valence-corrected chi connectivity index (χ2v) is 20.3. The molecule has 3 saturated heterocycles. The summed E-state index contributed by atoms with van der Waals surface area (Å²) < 4.78 is 9.58. The van der Waals surface area contributed by atoms with E-state index in [-0.39, 0.29) is 92.2 Å². The lowest BCUT2D eigenvalue weighted by atomic mass is 9.70. The summed E-state index contributed by atoms with van der Waals surface area (Å²) in [5, 5.41) is 12.0. The predicted octanol–water partition coefficient (Wildman–Crippen LogP) is 7.96. The van der Waals surface area contributed by atoms with Crippen LogP contribution in [0.5, 0.6) is 0 Å². The molecule has 392 valence electrons. The second kappa shape index (κ2) is 24.7. The molecule has 3 atom stereocenters. The van der Waals surface area contributed by atoms with Crippen LogP contribution in [-0.2, 0) is 75.5 Å². The van der Waals surface area contributed by atoms with E-state index in [1.165, 1.54) is 36.5 Å². The van der Waals surface area contributed by atoms with Crippen LogP contribution in [0.3, 0.4) is 0 Å². The number of esters is 2. The molecule has 3 aliphatic carbocycles. The van der Waals surface area contributed by atoms with Crippen LogP contribution in [0.25, 0.3) is 0 Å². The van der Waals surface area contributed by atoms with Gasteiger partial charge in [0.2, 0.25) is 17.7 Å². The highest BCUT2D eigenvalue weighted by Gasteiger charge is 2.49. The van der Waals surface area contributed by atoms with E-state index in [1.807, 2.05) is 88.7 Å². The average molecular weight is 1060 g/mol. The van der Waals surface area contributed by atoms with Crippen molar-refractivity contribution in [2.75, 3.05) is 40.5 Å². The predicted molar refractivity (Wildman–Crippen MR) is 299 cm³/mol. The molecule has 0 radical (unpaired) electrons. The number of carbonyl (C=O) groups is 6. The van der Waals surface area contributed by atoms with Gasteiger partial charge in [0.25, 0.3) is 0 Å². The number of hydrogen-bond acceptors (Lipinski definition) is 9. The van der Waals surface area contributed by atoms with E-state index in [2.05, 4.69) is 29.6 Å². The van der Waals surface area contributed by atoms with Crippen molar-refractivity contribution >= 4 is 75.9 Å². The standard InChI is InChI=1S/2C22H23NO3.C15H17NO3.3H2S/c1-26-20(24)18-8-7-17-9-10-22(14-19(17)13-18)11-12-23(21(22)25)15-16-5-3-2-4-6-16;24-15-20(25)18-7-6-17-8-9-22(13-19(17)12-18)10-11-23(21(22)26)14-16-4-2-1-3-5-16;1-19-13(17)11-3-2-10-4-5-15(9-12(10)8-11)6-7-16-14(15)18;;;/h2-8,13H,9-12,14-15H2,1H3;1-7,12,24H,8-11,13-15H2;2-3,8H,4-7,9H2,1H3,(H,16,18);3*1H2/t2*22-;15-;;;/m111.../s1. The topological polar surface area (TPSA) is 160 Å². The maximum absolute atomic E-state index is 13.2. The summed E-state index contributed by atoms with van der Waals surface area (Å²) in [5.41, 5.74) is 10.1. The Bertz CT molecular complexity index is 2720. The molecule has 5 aromatic carbocycles. The average Bonchev–Trinajstić information content (AvgIpc) is 4.02. The molecule has 0 unspecified atom stereocenters. The number of rotatable bonds is 8. The Kier molecular flexibility index (Phi) is 19.1. The first-order valence-electron chi connectivity index (χ1n) is 25.0. The molecule has 0 saturated carbocycles. The zero-order valence-electron chi connectivity index (χ0n) is 42.3. The van der Waals surface area contributed by atoms with Crippen LogP contribution in [0.4, 0.5) is 0 Å². The largest absolute Gasteiger partial charge is 0.465 e. The molecule has 5 aromatic rings. The molecule has 0 bridgehead atoms. The number of Topliss-reactive ketones (excluding diaryl/α,β-unsaturated/α-hetero) is 1. The fourth-order valence-electron chi connectivity index (χ4n) is 11.9. The van der Waals surface area contributed by atoms with Crippen molar-refractivity contribution < 1.29 is 43.3 Å². The highest BCUT2D eigenvalue weighted by molar-refractivity contribution is 7.59. The molecule has 3 spiro atoms. The highest BCUT2D eigenvalue weighted by Crippen LogP contribution is 2.46. The molecular formula is C59H69N3O9S3. The summed E-state index contributed by atoms with van der Waals surface area (Å²) in [4.78, 5) is 77.6. The third-order valence-corrected chi connectivity index (χ3v) is 16.1. The van der Waals surface area contributed by atoms with Crippen molar-refractivity contribution in [1.82, 2.24) is 15.1 Å². The molecule has 3 amide bonds. The van der Waals surface area contributed by atoms with Gasteiger partial charge in [0.15, 0.2) is 5.78 Å². The summed E-state index contributed by atoms with van der Waals surface area (Å²) in [6.45, 7) is 3.23. The Hall–Kier alpha value is -5.87. The molecule has 74 heavy (non-hydrogen) atoms. The fourth-order valence-corrected chi connectivity index (χ4v) is 11.9. The van der Waals surface area contributed by atoms with Crippen LogP contribution in [0.1, 0.15) is 114 Å². The zero-order valence-corrected chi connectivity index (χ0v) is 45.3. The lowest BCUT2D eigenvalue weighted by Crippen LogP contribution is -2.38. The third-order valence-electron chi connectivity index (χ3n) is 16.1. The molecule has 11 rings (SSSR count).